The molecule has 0 atom stereocenters. The van der Waals surface area contributed by atoms with Crippen molar-refractivity contribution >= 4 is 10.0 Å². The predicted octanol–water partition coefficient (Wildman–Crippen LogP) is 0.945. The Morgan fingerprint density at radius 1 is 1.33 bits per heavy atom. The number of halogens is 4. The Balaban J connectivity index is 3.62. The number of aromatic nitrogens is 1. The molecule has 0 bridgehead atoms. The maximum absolute atomic E-state index is 12.9. The number of sulfonamides is 1. The first kappa shape index (κ1) is 11.9. The molecule has 0 aromatic carbocycles. The van der Waals surface area contributed by atoms with E-state index in [0.717, 1.165) is 0 Å². The average Bonchev–Trinajstić information content (AvgIpc) is 1.99. The molecule has 0 unspecified atom stereocenters. The highest BCUT2D eigenvalue weighted by atomic mass is 32.2. The summed E-state index contributed by atoms with van der Waals surface area (Å²) < 4.78 is 71.2. The Hall–Kier alpha value is -1.22. The minimum atomic E-state index is -4.71. The number of hydrogen-bond acceptors (Lipinski definition) is 3. The molecule has 1 aromatic rings. The van der Waals surface area contributed by atoms with E-state index in [1.54, 1.807) is 0 Å². The molecule has 9 heteroatoms. The van der Waals surface area contributed by atoms with Gasteiger partial charge in [0, 0.05) is 6.07 Å². The third-order valence-electron chi connectivity index (χ3n) is 1.41. The molecule has 1 aromatic heterocycles. The van der Waals surface area contributed by atoms with Gasteiger partial charge in [-0.1, -0.05) is 0 Å². The number of nitrogens with two attached hydrogens (primary N) is 1. The maximum atomic E-state index is 12.9. The maximum Gasteiger partial charge on any atom is 0.281 e. The number of hydrogen-bond donors (Lipinski definition) is 1. The largest absolute Gasteiger partial charge is 0.281 e. The fourth-order valence-electron chi connectivity index (χ4n) is 0.920. The SMILES string of the molecule is NS(=O)(=O)c1c(F)cc(F)nc1C(F)F. The summed E-state index contributed by atoms with van der Waals surface area (Å²) in [5.74, 6) is -3.24. The summed E-state index contributed by atoms with van der Waals surface area (Å²) in [6.45, 7) is 0. The van der Waals surface area contributed by atoms with E-state index < -0.39 is 38.8 Å². The van der Waals surface area contributed by atoms with Crippen LogP contribution in [0.2, 0.25) is 0 Å². The summed E-state index contributed by atoms with van der Waals surface area (Å²) in [7, 11) is -4.71. The van der Waals surface area contributed by atoms with E-state index in [0.29, 0.717) is 0 Å². The van der Waals surface area contributed by atoms with Crippen molar-refractivity contribution in [3.05, 3.63) is 23.5 Å². The third kappa shape index (κ3) is 2.42. The van der Waals surface area contributed by atoms with Crippen LogP contribution in [0.25, 0.3) is 0 Å². The Morgan fingerprint density at radius 3 is 2.27 bits per heavy atom. The molecule has 0 radical (unpaired) electrons. The number of rotatable bonds is 2. The van der Waals surface area contributed by atoms with Crippen LogP contribution in [0.1, 0.15) is 12.1 Å². The molecule has 4 nitrogen and oxygen atoms in total. The van der Waals surface area contributed by atoms with Gasteiger partial charge in [0.05, 0.1) is 0 Å². The number of alkyl halides is 2. The van der Waals surface area contributed by atoms with Crippen molar-refractivity contribution in [2.24, 2.45) is 5.14 Å². The van der Waals surface area contributed by atoms with Gasteiger partial charge < -0.3 is 0 Å². The monoisotopic (exact) mass is 244 g/mol. The Bertz CT molecular complexity index is 488. The minimum Gasteiger partial charge on any atom is -0.224 e. The summed E-state index contributed by atoms with van der Waals surface area (Å²) in [5, 5.41) is 4.48. The van der Waals surface area contributed by atoms with Crippen LogP contribution in [-0.2, 0) is 10.0 Å². The molecule has 15 heavy (non-hydrogen) atoms. The molecule has 0 saturated heterocycles. The lowest BCUT2D eigenvalue weighted by Crippen LogP contribution is -2.18. The van der Waals surface area contributed by atoms with Crippen LogP contribution >= 0.6 is 0 Å². The number of primary sulfonamides is 1. The van der Waals surface area contributed by atoms with Gasteiger partial charge in [-0.05, 0) is 0 Å². The van der Waals surface area contributed by atoms with Gasteiger partial charge in [-0.3, -0.25) is 0 Å². The quantitative estimate of drug-likeness (QED) is 0.621. The van der Waals surface area contributed by atoms with Crippen molar-refractivity contribution in [1.82, 2.24) is 4.98 Å². The molecule has 1 rings (SSSR count). The van der Waals surface area contributed by atoms with Crippen LogP contribution in [0, 0.1) is 11.8 Å². The van der Waals surface area contributed by atoms with Gasteiger partial charge in [0.1, 0.15) is 16.4 Å². The first-order chi connectivity index (χ1) is 6.73. The summed E-state index contributed by atoms with van der Waals surface area (Å²) in [6, 6.07) is 0.0611. The van der Waals surface area contributed by atoms with Gasteiger partial charge in [-0.2, -0.15) is 4.39 Å². The van der Waals surface area contributed by atoms with Gasteiger partial charge in [0.25, 0.3) is 6.43 Å². The smallest absolute Gasteiger partial charge is 0.224 e. The van der Waals surface area contributed by atoms with E-state index in [9.17, 15) is 26.0 Å². The first-order valence-electron chi connectivity index (χ1n) is 3.40. The second-order valence-electron chi connectivity index (χ2n) is 2.49. The summed E-state index contributed by atoms with van der Waals surface area (Å²) in [6.07, 6.45) is -3.44. The predicted molar refractivity (Wildman–Crippen MR) is 40.5 cm³/mol. The standard InChI is InChI=1S/C6H4F4N2O2S/c7-2-1-3(8)12-4(6(9)10)5(2)15(11,13)14/h1,6H,(H2,11,13,14). The van der Waals surface area contributed by atoms with Crippen molar-refractivity contribution in [3.8, 4) is 0 Å². The molecule has 0 spiro atoms. The lowest BCUT2D eigenvalue weighted by atomic mass is 10.3. The zero-order valence-corrected chi connectivity index (χ0v) is 7.73. The fourth-order valence-corrected chi connectivity index (χ4v) is 1.68. The van der Waals surface area contributed by atoms with E-state index in [2.05, 4.69) is 10.1 Å². The summed E-state index contributed by atoms with van der Waals surface area (Å²) >= 11 is 0. The molecule has 1 heterocycles. The molecule has 0 amide bonds. The molecule has 84 valence electrons. The number of nitrogens with zero attached hydrogens (tertiary/aromatic N) is 1. The van der Waals surface area contributed by atoms with Crippen molar-refractivity contribution in [3.63, 3.8) is 0 Å². The highest BCUT2D eigenvalue weighted by Gasteiger charge is 2.27. The van der Waals surface area contributed by atoms with Crippen LogP contribution in [0.5, 0.6) is 0 Å². The summed E-state index contributed by atoms with van der Waals surface area (Å²) in [5.41, 5.74) is -1.53. The lowest BCUT2D eigenvalue weighted by molar-refractivity contribution is 0.139. The summed E-state index contributed by atoms with van der Waals surface area (Å²) in [4.78, 5) is 1.10. The first-order valence-corrected chi connectivity index (χ1v) is 4.95. The van der Waals surface area contributed by atoms with Crippen LogP contribution in [0.15, 0.2) is 11.0 Å². The van der Waals surface area contributed by atoms with E-state index in [4.69, 9.17) is 0 Å². The molecular formula is C6H4F4N2O2S. The molecule has 0 aliphatic carbocycles. The molecule has 2 N–H and O–H groups in total. The van der Waals surface area contributed by atoms with Gasteiger partial charge >= 0.3 is 0 Å². The molecule has 0 saturated carbocycles. The van der Waals surface area contributed by atoms with E-state index >= 15 is 0 Å². The van der Waals surface area contributed by atoms with E-state index in [1.807, 2.05) is 0 Å². The molecule has 0 fully saturated rings. The Labute approximate surface area is 81.8 Å². The normalized spacial score (nSPS) is 12.1. The van der Waals surface area contributed by atoms with Crippen molar-refractivity contribution in [2.45, 2.75) is 11.3 Å². The van der Waals surface area contributed by atoms with E-state index in [-0.39, 0.29) is 6.07 Å². The highest BCUT2D eigenvalue weighted by molar-refractivity contribution is 7.89. The second kappa shape index (κ2) is 3.74. The van der Waals surface area contributed by atoms with E-state index in [1.165, 1.54) is 0 Å². The molecule has 0 aliphatic rings. The van der Waals surface area contributed by atoms with Gasteiger partial charge in [0.15, 0.2) is 0 Å². The third-order valence-corrected chi connectivity index (χ3v) is 2.39. The van der Waals surface area contributed by atoms with Crippen molar-refractivity contribution in [2.75, 3.05) is 0 Å². The lowest BCUT2D eigenvalue weighted by Gasteiger charge is -2.06. The van der Waals surface area contributed by atoms with Crippen LogP contribution in [-0.4, -0.2) is 13.4 Å². The van der Waals surface area contributed by atoms with Gasteiger partial charge in [-0.15, -0.1) is 0 Å². The Kier molecular flexibility index (Phi) is 2.95. The minimum absolute atomic E-state index is 0.0611. The molecule has 0 aliphatic heterocycles. The zero-order valence-electron chi connectivity index (χ0n) is 6.92. The van der Waals surface area contributed by atoms with Crippen LogP contribution in [0.4, 0.5) is 17.6 Å². The Morgan fingerprint density at radius 2 is 1.87 bits per heavy atom. The van der Waals surface area contributed by atoms with Crippen molar-refractivity contribution in [1.29, 1.82) is 0 Å². The second-order valence-corrected chi connectivity index (χ2v) is 3.99. The van der Waals surface area contributed by atoms with Crippen LogP contribution in [0.3, 0.4) is 0 Å². The molecular weight excluding hydrogens is 240 g/mol. The average molecular weight is 244 g/mol. The zero-order chi connectivity index (χ0) is 11.8. The van der Waals surface area contributed by atoms with Crippen molar-refractivity contribution < 1.29 is 26.0 Å². The fraction of sp³-hybridized carbons (Fsp3) is 0.167. The van der Waals surface area contributed by atoms with Crippen LogP contribution < -0.4 is 5.14 Å². The number of pyridine rings is 1. The topological polar surface area (TPSA) is 73.1 Å². The van der Waals surface area contributed by atoms with Gasteiger partial charge in [-0.25, -0.2) is 31.7 Å². The highest BCUT2D eigenvalue weighted by Crippen LogP contribution is 2.26. The van der Waals surface area contributed by atoms with Gasteiger partial charge in [0.2, 0.25) is 16.0 Å².